The first-order valence-corrected chi connectivity index (χ1v) is 8.45. The van der Waals surface area contributed by atoms with Crippen LogP contribution in [0.5, 0.6) is 0 Å². The largest absolute Gasteiger partial charge is 0.352 e. The van der Waals surface area contributed by atoms with Crippen molar-refractivity contribution in [3.63, 3.8) is 0 Å². The molecule has 24 heavy (non-hydrogen) atoms. The van der Waals surface area contributed by atoms with Crippen molar-refractivity contribution in [1.29, 1.82) is 0 Å². The number of nitrogens with one attached hydrogen (secondary N) is 2. The van der Waals surface area contributed by atoms with E-state index >= 15 is 0 Å². The first-order valence-electron chi connectivity index (χ1n) is 7.51. The van der Waals surface area contributed by atoms with E-state index in [4.69, 9.17) is 0 Å². The van der Waals surface area contributed by atoms with Crippen LogP contribution in [0.3, 0.4) is 0 Å². The maximum atomic E-state index is 12.6. The molecule has 0 radical (unpaired) electrons. The van der Waals surface area contributed by atoms with Gasteiger partial charge in [0.05, 0.1) is 5.39 Å². The molecule has 1 aromatic carbocycles. The standard InChI is InChI=1S/C18H14N4OS/c23-17-15-14(13-7-9-24-11-13)6-8-19-16(15)21-18(22-17)20-10-12-4-2-1-3-5-12/h1-9,11H,10H2,(H2,19,20,21,22,23). The van der Waals surface area contributed by atoms with E-state index in [0.29, 0.717) is 23.5 Å². The molecule has 0 spiro atoms. The number of hydrogen-bond donors (Lipinski definition) is 2. The Morgan fingerprint density at radius 3 is 2.79 bits per heavy atom. The minimum atomic E-state index is -0.190. The van der Waals surface area contributed by atoms with Crippen molar-refractivity contribution < 1.29 is 0 Å². The predicted octanol–water partition coefficient (Wildman–Crippen LogP) is 3.66. The zero-order valence-electron chi connectivity index (χ0n) is 12.7. The second kappa shape index (κ2) is 6.25. The van der Waals surface area contributed by atoms with Crippen molar-refractivity contribution in [3.05, 3.63) is 75.3 Å². The van der Waals surface area contributed by atoms with Crippen molar-refractivity contribution in [1.82, 2.24) is 15.0 Å². The van der Waals surface area contributed by atoms with Gasteiger partial charge in [0.25, 0.3) is 5.56 Å². The molecule has 0 fully saturated rings. The summed E-state index contributed by atoms with van der Waals surface area (Å²) in [7, 11) is 0. The second-order valence-electron chi connectivity index (χ2n) is 5.32. The quantitative estimate of drug-likeness (QED) is 0.597. The van der Waals surface area contributed by atoms with Crippen LogP contribution < -0.4 is 10.9 Å². The van der Waals surface area contributed by atoms with Crippen LogP contribution in [0.25, 0.3) is 22.2 Å². The lowest BCUT2D eigenvalue weighted by molar-refractivity contribution is 1.05. The van der Waals surface area contributed by atoms with E-state index in [9.17, 15) is 4.79 Å². The molecule has 2 N–H and O–H groups in total. The summed E-state index contributed by atoms with van der Waals surface area (Å²) in [6, 6.07) is 13.8. The number of fused-ring (bicyclic) bond motifs is 1. The van der Waals surface area contributed by atoms with Crippen molar-refractivity contribution >= 4 is 28.3 Å². The third kappa shape index (κ3) is 2.79. The molecule has 0 aliphatic heterocycles. The van der Waals surface area contributed by atoms with E-state index in [1.807, 2.05) is 53.2 Å². The third-order valence-corrected chi connectivity index (χ3v) is 4.43. The smallest absolute Gasteiger partial charge is 0.262 e. The van der Waals surface area contributed by atoms with E-state index < -0.39 is 0 Å². The van der Waals surface area contributed by atoms with Gasteiger partial charge in [0.15, 0.2) is 5.65 Å². The van der Waals surface area contributed by atoms with Gasteiger partial charge in [-0.15, -0.1) is 0 Å². The fraction of sp³-hybridized carbons (Fsp3) is 0.0556. The Balaban J connectivity index is 1.72. The zero-order valence-corrected chi connectivity index (χ0v) is 13.5. The molecular formula is C18H14N4OS. The maximum Gasteiger partial charge on any atom is 0.262 e. The van der Waals surface area contributed by atoms with E-state index in [-0.39, 0.29) is 5.56 Å². The van der Waals surface area contributed by atoms with E-state index in [1.165, 1.54) is 0 Å². The van der Waals surface area contributed by atoms with E-state index in [1.54, 1.807) is 17.5 Å². The highest BCUT2D eigenvalue weighted by molar-refractivity contribution is 7.08. The Hall–Kier alpha value is -2.99. The summed E-state index contributed by atoms with van der Waals surface area (Å²) in [5.74, 6) is 0.423. The summed E-state index contributed by atoms with van der Waals surface area (Å²) in [4.78, 5) is 24.1. The average Bonchev–Trinajstić information content (AvgIpc) is 3.15. The molecule has 3 heterocycles. The number of nitrogens with zero attached hydrogens (tertiary/aromatic N) is 2. The zero-order chi connectivity index (χ0) is 16.4. The Labute approximate surface area is 142 Å². The molecule has 0 bridgehead atoms. The second-order valence-corrected chi connectivity index (χ2v) is 6.10. The number of benzene rings is 1. The van der Waals surface area contributed by atoms with Crippen LogP contribution in [0.4, 0.5) is 5.95 Å². The number of pyridine rings is 1. The molecule has 118 valence electrons. The van der Waals surface area contributed by atoms with Crippen LogP contribution in [0.1, 0.15) is 5.56 Å². The summed E-state index contributed by atoms with van der Waals surface area (Å²) < 4.78 is 0. The minimum absolute atomic E-state index is 0.190. The number of aromatic nitrogens is 3. The van der Waals surface area contributed by atoms with Crippen LogP contribution in [0.15, 0.2) is 64.2 Å². The topological polar surface area (TPSA) is 70.7 Å². The van der Waals surface area contributed by atoms with Crippen LogP contribution in [0, 0.1) is 0 Å². The first-order chi connectivity index (χ1) is 11.8. The Morgan fingerprint density at radius 1 is 1.12 bits per heavy atom. The van der Waals surface area contributed by atoms with Gasteiger partial charge in [-0.1, -0.05) is 30.3 Å². The maximum absolute atomic E-state index is 12.6. The van der Waals surface area contributed by atoms with Gasteiger partial charge in [0.2, 0.25) is 5.95 Å². The number of rotatable bonds is 4. The monoisotopic (exact) mass is 334 g/mol. The molecule has 0 unspecified atom stereocenters. The van der Waals surface area contributed by atoms with Crippen LogP contribution >= 0.6 is 11.3 Å². The van der Waals surface area contributed by atoms with Gasteiger partial charge in [-0.05, 0) is 34.0 Å². The van der Waals surface area contributed by atoms with Crippen molar-refractivity contribution in [3.8, 4) is 11.1 Å². The molecule has 4 aromatic rings. The van der Waals surface area contributed by atoms with Crippen LogP contribution in [-0.4, -0.2) is 15.0 Å². The highest BCUT2D eigenvalue weighted by Crippen LogP contribution is 2.26. The highest BCUT2D eigenvalue weighted by atomic mass is 32.1. The van der Waals surface area contributed by atoms with E-state index in [2.05, 4.69) is 20.3 Å². The lowest BCUT2D eigenvalue weighted by atomic mass is 10.1. The van der Waals surface area contributed by atoms with Crippen LogP contribution in [-0.2, 0) is 6.54 Å². The fourth-order valence-electron chi connectivity index (χ4n) is 2.59. The Morgan fingerprint density at radius 2 is 2.00 bits per heavy atom. The fourth-order valence-corrected chi connectivity index (χ4v) is 3.24. The highest BCUT2D eigenvalue weighted by Gasteiger charge is 2.11. The van der Waals surface area contributed by atoms with Gasteiger partial charge in [0, 0.05) is 18.3 Å². The van der Waals surface area contributed by atoms with Crippen molar-refractivity contribution in [2.45, 2.75) is 6.54 Å². The number of hydrogen-bond acceptors (Lipinski definition) is 5. The van der Waals surface area contributed by atoms with Gasteiger partial charge in [-0.3, -0.25) is 9.78 Å². The molecule has 0 aliphatic carbocycles. The van der Waals surface area contributed by atoms with Crippen molar-refractivity contribution in [2.75, 3.05) is 5.32 Å². The van der Waals surface area contributed by atoms with Crippen LogP contribution in [0.2, 0.25) is 0 Å². The normalized spacial score (nSPS) is 10.8. The number of thiophene rings is 1. The molecule has 0 atom stereocenters. The molecule has 0 amide bonds. The van der Waals surface area contributed by atoms with Gasteiger partial charge in [0.1, 0.15) is 0 Å². The average molecular weight is 334 g/mol. The molecule has 6 heteroatoms. The molecule has 0 saturated heterocycles. The minimum Gasteiger partial charge on any atom is -0.352 e. The van der Waals surface area contributed by atoms with E-state index in [0.717, 1.165) is 16.7 Å². The summed E-state index contributed by atoms with van der Waals surface area (Å²) in [6.45, 7) is 0.583. The van der Waals surface area contributed by atoms with Gasteiger partial charge < -0.3 is 5.32 Å². The molecule has 3 aromatic heterocycles. The van der Waals surface area contributed by atoms with Gasteiger partial charge >= 0.3 is 0 Å². The number of anilines is 1. The lowest BCUT2D eigenvalue weighted by Crippen LogP contribution is -2.14. The molecule has 5 nitrogen and oxygen atoms in total. The SMILES string of the molecule is O=c1[nH]c(NCc2ccccc2)nc2nccc(-c3ccsc3)c12. The first kappa shape index (κ1) is 14.6. The molecule has 4 rings (SSSR count). The Kier molecular flexibility index (Phi) is 3.80. The Bertz CT molecular complexity index is 1030. The third-order valence-electron chi connectivity index (χ3n) is 3.74. The van der Waals surface area contributed by atoms with Gasteiger partial charge in [-0.25, -0.2) is 4.98 Å². The molecule has 0 saturated carbocycles. The number of H-pyrrole nitrogens is 1. The summed E-state index contributed by atoms with van der Waals surface area (Å²) in [5, 5.41) is 7.65. The number of aromatic amines is 1. The summed E-state index contributed by atoms with van der Waals surface area (Å²) >= 11 is 1.59. The summed E-state index contributed by atoms with van der Waals surface area (Å²) in [6.07, 6.45) is 1.68. The molecular weight excluding hydrogens is 320 g/mol. The lowest BCUT2D eigenvalue weighted by Gasteiger charge is -2.08. The van der Waals surface area contributed by atoms with Crippen molar-refractivity contribution in [2.24, 2.45) is 0 Å². The predicted molar refractivity (Wildman–Crippen MR) is 97.2 cm³/mol. The van der Waals surface area contributed by atoms with Gasteiger partial charge in [-0.2, -0.15) is 16.3 Å². The summed E-state index contributed by atoms with van der Waals surface area (Å²) in [5.41, 5.74) is 3.22. The molecule has 0 aliphatic rings.